The van der Waals surface area contributed by atoms with Crippen molar-refractivity contribution in [2.75, 3.05) is 27.0 Å². The van der Waals surface area contributed by atoms with Crippen LogP contribution in [0.25, 0.3) is 0 Å². The zero-order valence-electron chi connectivity index (χ0n) is 20.2. The molecule has 36 heavy (non-hydrogen) atoms. The summed E-state index contributed by atoms with van der Waals surface area (Å²) in [4.78, 5) is 35.1. The fourth-order valence-electron chi connectivity index (χ4n) is 5.77. The number of piperazine rings is 1. The standard InChI is InChI=1S/C28H27N3O5/c1-17(32)30-15-22-25(19-12-23(34-2)27-24(13-19)35-16-36-27)26-21(9-6-10-29-26)28(33)31(22)14-20(30)11-18-7-4-3-5-8-18/h3-10,12-13,20,22,25H,11,14-16H2,1-2H3/t20-,22+,25+/m0/s1. The maximum atomic E-state index is 13.7. The summed E-state index contributed by atoms with van der Waals surface area (Å²) >= 11 is 0. The molecule has 184 valence electrons. The molecular weight excluding hydrogens is 458 g/mol. The minimum absolute atomic E-state index is 0.00290. The van der Waals surface area contributed by atoms with E-state index in [0.29, 0.717) is 48.0 Å². The lowest BCUT2D eigenvalue weighted by atomic mass is 9.79. The molecule has 0 spiro atoms. The Balaban J connectivity index is 1.44. The Hall–Kier alpha value is -4.07. The molecule has 0 N–H and O–H groups in total. The third-order valence-electron chi connectivity index (χ3n) is 7.40. The Morgan fingerprint density at radius 1 is 1.11 bits per heavy atom. The van der Waals surface area contributed by atoms with Gasteiger partial charge in [0.05, 0.1) is 30.5 Å². The van der Waals surface area contributed by atoms with Gasteiger partial charge in [-0.1, -0.05) is 30.3 Å². The molecule has 1 fully saturated rings. The van der Waals surface area contributed by atoms with E-state index in [0.717, 1.165) is 11.1 Å². The quantitative estimate of drug-likeness (QED) is 0.565. The minimum Gasteiger partial charge on any atom is -0.493 e. The first kappa shape index (κ1) is 22.4. The molecule has 0 aliphatic carbocycles. The molecule has 0 unspecified atom stereocenters. The van der Waals surface area contributed by atoms with Crippen LogP contribution in [0.4, 0.5) is 0 Å². The fraction of sp³-hybridized carbons (Fsp3) is 0.321. The summed E-state index contributed by atoms with van der Waals surface area (Å²) < 4.78 is 16.9. The van der Waals surface area contributed by atoms with Crippen LogP contribution >= 0.6 is 0 Å². The van der Waals surface area contributed by atoms with Gasteiger partial charge in [-0.05, 0) is 41.8 Å². The molecule has 8 nitrogen and oxygen atoms in total. The largest absolute Gasteiger partial charge is 0.493 e. The number of nitrogens with zero attached hydrogens (tertiary/aromatic N) is 3. The average Bonchev–Trinajstić information content (AvgIpc) is 3.38. The number of fused-ring (bicyclic) bond motifs is 3. The maximum Gasteiger partial charge on any atom is 0.256 e. The molecule has 3 aromatic rings. The Kier molecular flexibility index (Phi) is 5.51. The summed E-state index contributed by atoms with van der Waals surface area (Å²) in [5.41, 5.74) is 3.33. The van der Waals surface area contributed by atoms with Gasteiger partial charge in [0.2, 0.25) is 18.4 Å². The van der Waals surface area contributed by atoms with Crippen molar-refractivity contribution in [2.45, 2.75) is 31.3 Å². The molecule has 0 saturated carbocycles. The number of ether oxygens (including phenoxy) is 3. The van der Waals surface area contributed by atoms with Crippen LogP contribution in [0.5, 0.6) is 17.2 Å². The number of rotatable bonds is 4. The molecule has 0 radical (unpaired) electrons. The summed E-state index contributed by atoms with van der Waals surface area (Å²) in [7, 11) is 1.59. The first-order valence-corrected chi connectivity index (χ1v) is 12.1. The van der Waals surface area contributed by atoms with Crippen molar-refractivity contribution in [3.8, 4) is 17.2 Å². The number of benzene rings is 2. The van der Waals surface area contributed by atoms with Gasteiger partial charge in [0.1, 0.15) is 0 Å². The average molecular weight is 486 g/mol. The molecule has 1 saturated heterocycles. The number of carbonyl (C=O) groups excluding carboxylic acids is 2. The van der Waals surface area contributed by atoms with Crippen molar-refractivity contribution in [1.82, 2.24) is 14.8 Å². The highest BCUT2D eigenvalue weighted by Crippen LogP contribution is 2.47. The highest BCUT2D eigenvalue weighted by atomic mass is 16.7. The van der Waals surface area contributed by atoms with E-state index in [4.69, 9.17) is 14.2 Å². The van der Waals surface area contributed by atoms with E-state index in [2.05, 4.69) is 17.1 Å². The highest BCUT2D eigenvalue weighted by Gasteiger charge is 2.47. The predicted molar refractivity (Wildman–Crippen MR) is 131 cm³/mol. The van der Waals surface area contributed by atoms with Gasteiger partial charge >= 0.3 is 0 Å². The van der Waals surface area contributed by atoms with Gasteiger partial charge < -0.3 is 24.0 Å². The van der Waals surface area contributed by atoms with E-state index in [1.807, 2.05) is 46.2 Å². The second-order valence-corrected chi connectivity index (χ2v) is 9.41. The van der Waals surface area contributed by atoms with Crippen molar-refractivity contribution in [3.05, 3.63) is 83.2 Å². The van der Waals surface area contributed by atoms with E-state index < -0.39 is 0 Å². The lowest BCUT2D eigenvalue weighted by Gasteiger charge is -2.51. The van der Waals surface area contributed by atoms with E-state index in [-0.39, 0.29) is 36.6 Å². The van der Waals surface area contributed by atoms with Crippen molar-refractivity contribution in [2.24, 2.45) is 0 Å². The number of hydrogen-bond acceptors (Lipinski definition) is 6. The molecule has 3 aliphatic rings. The van der Waals surface area contributed by atoms with Gasteiger partial charge in [-0.25, -0.2) is 0 Å². The van der Waals surface area contributed by atoms with Gasteiger partial charge in [-0.3, -0.25) is 14.6 Å². The Bertz CT molecular complexity index is 1330. The predicted octanol–water partition coefficient (Wildman–Crippen LogP) is 3.25. The number of amides is 2. The Labute approximate surface area is 209 Å². The van der Waals surface area contributed by atoms with Crippen LogP contribution in [-0.2, 0) is 11.2 Å². The summed E-state index contributed by atoms with van der Waals surface area (Å²) in [6, 6.07) is 17.2. The van der Waals surface area contributed by atoms with Crippen molar-refractivity contribution in [3.63, 3.8) is 0 Å². The Morgan fingerprint density at radius 3 is 2.72 bits per heavy atom. The molecule has 6 rings (SSSR count). The smallest absolute Gasteiger partial charge is 0.256 e. The van der Waals surface area contributed by atoms with Gasteiger partial charge in [0.15, 0.2) is 11.5 Å². The maximum absolute atomic E-state index is 13.7. The van der Waals surface area contributed by atoms with E-state index in [1.54, 1.807) is 26.3 Å². The third kappa shape index (κ3) is 3.64. The molecule has 2 aromatic carbocycles. The van der Waals surface area contributed by atoms with Gasteiger partial charge in [0, 0.05) is 32.1 Å². The van der Waals surface area contributed by atoms with Crippen molar-refractivity contribution in [1.29, 1.82) is 0 Å². The second kappa shape index (κ2) is 8.86. The molecule has 2 amide bonds. The molecule has 3 aliphatic heterocycles. The molecule has 0 bridgehead atoms. The van der Waals surface area contributed by atoms with Crippen LogP contribution in [0.2, 0.25) is 0 Å². The topological polar surface area (TPSA) is 81.2 Å². The number of aromatic nitrogens is 1. The number of pyridine rings is 1. The van der Waals surface area contributed by atoms with Gasteiger partial charge in [-0.2, -0.15) is 0 Å². The van der Waals surface area contributed by atoms with Crippen LogP contribution < -0.4 is 14.2 Å². The summed E-state index contributed by atoms with van der Waals surface area (Å²) in [5, 5.41) is 0. The summed E-state index contributed by atoms with van der Waals surface area (Å²) in [6.45, 7) is 2.59. The van der Waals surface area contributed by atoms with Crippen LogP contribution in [-0.4, -0.2) is 65.7 Å². The molecule has 1 aromatic heterocycles. The lowest BCUT2D eigenvalue weighted by molar-refractivity contribution is -0.135. The highest BCUT2D eigenvalue weighted by molar-refractivity contribution is 5.97. The molecule has 8 heteroatoms. The number of carbonyl (C=O) groups is 2. The monoisotopic (exact) mass is 485 g/mol. The first-order chi connectivity index (χ1) is 17.5. The zero-order valence-corrected chi connectivity index (χ0v) is 20.2. The second-order valence-electron chi connectivity index (χ2n) is 9.41. The van der Waals surface area contributed by atoms with Gasteiger partial charge in [-0.15, -0.1) is 0 Å². The van der Waals surface area contributed by atoms with E-state index in [1.165, 1.54) is 0 Å². The number of methoxy groups -OCH3 is 1. The number of hydrogen-bond donors (Lipinski definition) is 0. The van der Waals surface area contributed by atoms with Crippen LogP contribution in [0.1, 0.15) is 40.0 Å². The molecule has 3 atom stereocenters. The van der Waals surface area contributed by atoms with Crippen molar-refractivity contribution < 1.29 is 23.8 Å². The zero-order chi connectivity index (χ0) is 24.8. The summed E-state index contributed by atoms with van der Waals surface area (Å²) in [5.74, 6) is 1.43. The Morgan fingerprint density at radius 2 is 1.94 bits per heavy atom. The van der Waals surface area contributed by atoms with Crippen molar-refractivity contribution >= 4 is 11.8 Å². The van der Waals surface area contributed by atoms with Crippen LogP contribution in [0.15, 0.2) is 60.8 Å². The minimum atomic E-state index is -0.277. The fourth-order valence-corrected chi connectivity index (χ4v) is 5.77. The van der Waals surface area contributed by atoms with E-state index in [9.17, 15) is 9.59 Å². The van der Waals surface area contributed by atoms with E-state index >= 15 is 0 Å². The third-order valence-corrected chi connectivity index (χ3v) is 7.40. The van der Waals surface area contributed by atoms with Crippen LogP contribution in [0.3, 0.4) is 0 Å². The lowest BCUT2D eigenvalue weighted by Crippen LogP contribution is -2.64. The van der Waals surface area contributed by atoms with Gasteiger partial charge in [0.25, 0.3) is 5.91 Å². The normalized spacial score (nSPS) is 22.2. The molecular formula is C28H27N3O5. The summed E-state index contributed by atoms with van der Waals surface area (Å²) in [6.07, 6.45) is 2.39. The first-order valence-electron chi connectivity index (χ1n) is 12.1. The molecule has 4 heterocycles. The SMILES string of the molecule is COc1cc([C@H]2c3ncccc3C(=O)N3C[C@H](Cc4ccccc4)N(C(C)=O)C[C@H]23)cc2c1OCO2. The van der Waals surface area contributed by atoms with Crippen LogP contribution in [0, 0.1) is 0 Å².